The van der Waals surface area contributed by atoms with E-state index in [1.807, 2.05) is 13.0 Å². The van der Waals surface area contributed by atoms with E-state index in [0.717, 1.165) is 11.1 Å². The van der Waals surface area contributed by atoms with E-state index in [1.165, 1.54) is 18.2 Å². The molecule has 3 aromatic carbocycles. The van der Waals surface area contributed by atoms with Crippen molar-refractivity contribution in [2.24, 2.45) is 0 Å². The molecule has 10 heteroatoms. The Morgan fingerprint density at radius 1 is 0.944 bits per heavy atom. The zero-order chi connectivity index (χ0) is 25.9. The molecule has 0 saturated carbocycles. The summed E-state index contributed by atoms with van der Waals surface area (Å²) in [6, 6.07) is 16.0. The number of morpholine rings is 1. The minimum absolute atomic E-state index is 0.0216. The number of hydrogen-bond donors (Lipinski definition) is 2. The highest BCUT2D eigenvalue weighted by molar-refractivity contribution is 7.92. The van der Waals surface area contributed by atoms with Gasteiger partial charge in [-0.3, -0.25) is 14.3 Å². The molecule has 1 aliphatic heterocycles. The molecule has 1 fully saturated rings. The summed E-state index contributed by atoms with van der Waals surface area (Å²) >= 11 is 6.22. The molecule has 2 N–H and O–H groups in total. The second-order valence-corrected chi connectivity index (χ2v) is 10.5. The van der Waals surface area contributed by atoms with Gasteiger partial charge < -0.3 is 15.0 Å². The topological polar surface area (TPSA) is 105 Å². The Labute approximate surface area is 215 Å². The molecule has 0 spiro atoms. The van der Waals surface area contributed by atoms with Crippen molar-refractivity contribution in [3.05, 3.63) is 87.9 Å². The fraction of sp³-hybridized carbons (Fsp3) is 0.231. The monoisotopic (exact) mass is 527 g/mol. The summed E-state index contributed by atoms with van der Waals surface area (Å²) in [5.74, 6) is -0.789. The van der Waals surface area contributed by atoms with Crippen LogP contribution in [0, 0.1) is 13.8 Å². The Balaban J connectivity index is 1.58. The molecular formula is C26H26ClN3O5S. The van der Waals surface area contributed by atoms with Crippen molar-refractivity contribution in [2.45, 2.75) is 18.7 Å². The van der Waals surface area contributed by atoms with Crippen LogP contribution in [0.25, 0.3) is 0 Å². The van der Waals surface area contributed by atoms with E-state index in [4.69, 9.17) is 16.3 Å². The van der Waals surface area contributed by atoms with Gasteiger partial charge in [0.05, 0.1) is 35.2 Å². The average Bonchev–Trinajstić information content (AvgIpc) is 2.86. The number of anilines is 2. The van der Waals surface area contributed by atoms with Gasteiger partial charge in [0, 0.05) is 18.7 Å². The lowest BCUT2D eigenvalue weighted by atomic mass is 10.1. The summed E-state index contributed by atoms with van der Waals surface area (Å²) in [5.41, 5.74) is 2.92. The number of para-hydroxylation sites is 1. The molecule has 0 unspecified atom stereocenters. The molecule has 0 aromatic heterocycles. The fourth-order valence-electron chi connectivity index (χ4n) is 3.89. The maximum absolute atomic E-state index is 13.1. The number of carbonyl (C=O) groups excluding carboxylic acids is 2. The molecule has 0 aliphatic carbocycles. The summed E-state index contributed by atoms with van der Waals surface area (Å²) in [6.45, 7) is 5.56. The molecule has 36 heavy (non-hydrogen) atoms. The largest absolute Gasteiger partial charge is 0.378 e. The predicted octanol–water partition coefficient (Wildman–Crippen LogP) is 4.48. The lowest BCUT2D eigenvalue weighted by Crippen LogP contribution is -2.41. The molecule has 0 radical (unpaired) electrons. The van der Waals surface area contributed by atoms with E-state index in [-0.39, 0.29) is 21.4 Å². The van der Waals surface area contributed by atoms with E-state index in [2.05, 4.69) is 10.0 Å². The Morgan fingerprint density at radius 3 is 2.39 bits per heavy atom. The number of aryl methyl sites for hydroxylation is 2. The zero-order valence-corrected chi connectivity index (χ0v) is 21.4. The third-order valence-corrected chi connectivity index (χ3v) is 7.66. The Bertz CT molecular complexity index is 1420. The predicted molar refractivity (Wildman–Crippen MR) is 139 cm³/mol. The lowest BCUT2D eigenvalue weighted by molar-refractivity contribution is 0.0303. The van der Waals surface area contributed by atoms with Crippen molar-refractivity contribution in [2.75, 3.05) is 36.3 Å². The van der Waals surface area contributed by atoms with Crippen LogP contribution >= 0.6 is 11.6 Å². The standard InChI is InChI=1S/C26H26ClN3O5S/c1-17-7-10-22(18(2)15-17)29-36(33,34)24-16-19(8-9-21(24)27)25(31)28-23-6-4-3-5-20(23)26(32)30-11-13-35-14-12-30/h3-10,15-16,29H,11-14H2,1-2H3,(H,28,31). The first-order chi connectivity index (χ1) is 17.2. The van der Waals surface area contributed by atoms with Gasteiger partial charge in [0.25, 0.3) is 21.8 Å². The summed E-state index contributed by atoms with van der Waals surface area (Å²) in [7, 11) is -4.08. The zero-order valence-electron chi connectivity index (χ0n) is 19.9. The molecule has 4 rings (SSSR count). The smallest absolute Gasteiger partial charge is 0.263 e. The summed E-state index contributed by atoms with van der Waals surface area (Å²) in [5, 5.41) is 2.71. The summed E-state index contributed by atoms with van der Waals surface area (Å²) in [6.07, 6.45) is 0. The van der Waals surface area contributed by atoms with Crippen LogP contribution in [0.3, 0.4) is 0 Å². The number of ether oxygens (including phenoxy) is 1. The minimum Gasteiger partial charge on any atom is -0.378 e. The maximum Gasteiger partial charge on any atom is 0.263 e. The quantitative estimate of drug-likeness (QED) is 0.491. The van der Waals surface area contributed by atoms with Gasteiger partial charge in [0.15, 0.2) is 0 Å². The molecule has 188 valence electrons. The van der Waals surface area contributed by atoms with Crippen molar-refractivity contribution >= 4 is 44.8 Å². The highest BCUT2D eigenvalue weighted by Gasteiger charge is 2.24. The van der Waals surface area contributed by atoms with E-state index < -0.39 is 15.9 Å². The normalized spacial score (nSPS) is 13.8. The summed E-state index contributed by atoms with van der Waals surface area (Å²) < 4.78 is 34.1. The van der Waals surface area contributed by atoms with E-state index in [0.29, 0.717) is 43.2 Å². The molecule has 1 heterocycles. The molecule has 8 nitrogen and oxygen atoms in total. The van der Waals surface area contributed by atoms with Gasteiger partial charge in [-0.05, 0) is 55.8 Å². The van der Waals surface area contributed by atoms with E-state index in [1.54, 1.807) is 48.2 Å². The number of rotatable bonds is 6. The van der Waals surface area contributed by atoms with Crippen LogP contribution in [0.15, 0.2) is 65.6 Å². The van der Waals surface area contributed by atoms with Crippen molar-refractivity contribution in [1.29, 1.82) is 0 Å². The first-order valence-electron chi connectivity index (χ1n) is 11.3. The van der Waals surface area contributed by atoms with Gasteiger partial charge in [0.2, 0.25) is 0 Å². The molecule has 2 amide bonds. The first-order valence-corrected chi connectivity index (χ1v) is 13.2. The lowest BCUT2D eigenvalue weighted by Gasteiger charge is -2.27. The van der Waals surface area contributed by atoms with Gasteiger partial charge in [-0.1, -0.05) is 41.4 Å². The van der Waals surface area contributed by atoms with Crippen molar-refractivity contribution in [1.82, 2.24) is 4.90 Å². The minimum atomic E-state index is -4.08. The summed E-state index contributed by atoms with van der Waals surface area (Å²) in [4.78, 5) is 27.5. The Morgan fingerprint density at radius 2 is 1.67 bits per heavy atom. The number of sulfonamides is 1. The first kappa shape index (κ1) is 25.7. The molecule has 0 bridgehead atoms. The number of benzene rings is 3. The molecule has 1 aliphatic rings. The number of halogens is 1. The highest BCUT2D eigenvalue weighted by atomic mass is 35.5. The van der Waals surface area contributed by atoms with Gasteiger partial charge in [-0.2, -0.15) is 0 Å². The van der Waals surface area contributed by atoms with Gasteiger partial charge in [-0.25, -0.2) is 8.42 Å². The third-order valence-electron chi connectivity index (χ3n) is 5.81. The van der Waals surface area contributed by atoms with Crippen LogP contribution in [0.2, 0.25) is 5.02 Å². The second kappa shape index (κ2) is 10.7. The average molecular weight is 528 g/mol. The van der Waals surface area contributed by atoms with Crippen molar-refractivity contribution < 1.29 is 22.7 Å². The van der Waals surface area contributed by atoms with Crippen LogP contribution in [0.5, 0.6) is 0 Å². The Kier molecular flexibility index (Phi) is 7.63. The SMILES string of the molecule is Cc1ccc(NS(=O)(=O)c2cc(C(=O)Nc3ccccc3C(=O)N3CCOCC3)ccc2Cl)c(C)c1. The van der Waals surface area contributed by atoms with Gasteiger partial charge in [-0.15, -0.1) is 0 Å². The second-order valence-electron chi connectivity index (χ2n) is 8.47. The van der Waals surface area contributed by atoms with Crippen LogP contribution in [-0.2, 0) is 14.8 Å². The molecule has 0 atom stereocenters. The van der Waals surface area contributed by atoms with Gasteiger partial charge >= 0.3 is 0 Å². The number of amides is 2. The van der Waals surface area contributed by atoms with Crippen LogP contribution in [0.4, 0.5) is 11.4 Å². The van der Waals surface area contributed by atoms with Gasteiger partial charge in [0.1, 0.15) is 4.90 Å². The molecule has 3 aromatic rings. The number of nitrogens with zero attached hydrogens (tertiary/aromatic N) is 1. The molecular weight excluding hydrogens is 502 g/mol. The number of hydrogen-bond acceptors (Lipinski definition) is 5. The van der Waals surface area contributed by atoms with Crippen LogP contribution in [0.1, 0.15) is 31.8 Å². The third kappa shape index (κ3) is 5.70. The Hall–Kier alpha value is -3.40. The fourth-order valence-corrected chi connectivity index (χ4v) is 5.55. The maximum atomic E-state index is 13.1. The van der Waals surface area contributed by atoms with Crippen LogP contribution < -0.4 is 10.0 Å². The van der Waals surface area contributed by atoms with Crippen molar-refractivity contribution in [3.8, 4) is 0 Å². The van der Waals surface area contributed by atoms with Crippen molar-refractivity contribution in [3.63, 3.8) is 0 Å². The van der Waals surface area contributed by atoms with Crippen LogP contribution in [-0.4, -0.2) is 51.4 Å². The highest BCUT2D eigenvalue weighted by Crippen LogP contribution is 2.27. The molecule has 1 saturated heterocycles. The van der Waals surface area contributed by atoms with E-state index >= 15 is 0 Å². The number of carbonyl (C=O) groups is 2. The van der Waals surface area contributed by atoms with E-state index in [9.17, 15) is 18.0 Å². The number of nitrogens with one attached hydrogen (secondary N) is 2.